The van der Waals surface area contributed by atoms with E-state index in [0.29, 0.717) is 5.69 Å². The second kappa shape index (κ2) is 5.83. The smallest absolute Gasteiger partial charge is 0.323 e. The van der Waals surface area contributed by atoms with Gasteiger partial charge in [-0.25, -0.2) is 0 Å². The van der Waals surface area contributed by atoms with Crippen LogP contribution in [0, 0.1) is 0 Å². The second-order valence-electron chi connectivity index (χ2n) is 5.80. The Hall–Kier alpha value is -2.30. The van der Waals surface area contributed by atoms with Crippen molar-refractivity contribution < 1.29 is 14.7 Å². The lowest BCUT2D eigenvalue weighted by Gasteiger charge is -2.21. The summed E-state index contributed by atoms with van der Waals surface area (Å²) in [7, 11) is 0. The van der Waals surface area contributed by atoms with Crippen molar-refractivity contribution in [1.82, 2.24) is 9.47 Å². The van der Waals surface area contributed by atoms with Gasteiger partial charge in [0, 0.05) is 23.5 Å². The lowest BCUT2D eigenvalue weighted by atomic mass is 10.2. The Morgan fingerprint density at radius 2 is 2.05 bits per heavy atom. The number of aliphatic carboxylic acids is 1. The van der Waals surface area contributed by atoms with Gasteiger partial charge in [0.25, 0.3) is 5.91 Å². The normalized spacial score (nSPS) is 14.2. The van der Waals surface area contributed by atoms with E-state index < -0.39 is 5.97 Å². The fourth-order valence-corrected chi connectivity index (χ4v) is 2.90. The Morgan fingerprint density at radius 1 is 1.32 bits per heavy atom. The van der Waals surface area contributed by atoms with Crippen LogP contribution in [0.5, 0.6) is 0 Å². The molecule has 0 saturated heterocycles. The van der Waals surface area contributed by atoms with E-state index in [1.165, 1.54) is 4.90 Å². The summed E-state index contributed by atoms with van der Waals surface area (Å²) >= 11 is 0. The highest BCUT2D eigenvalue weighted by molar-refractivity contribution is 6.00. The van der Waals surface area contributed by atoms with E-state index in [9.17, 15) is 9.59 Å². The van der Waals surface area contributed by atoms with E-state index in [4.69, 9.17) is 5.11 Å². The summed E-state index contributed by atoms with van der Waals surface area (Å²) in [6.45, 7) is 2.59. The molecule has 5 heteroatoms. The molecule has 0 bridgehead atoms. The molecule has 0 atom stereocenters. The number of carboxylic acids is 1. The van der Waals surface area contributed by atoms with Crippen molar-refractivity contribution in [2.75, 3.05) is 6.54 Å². The summed E-state index contributed by atoms with van der Waals surface area (Å²) in [5.41, 5.74) is 1.62. The van der Waals surface area contributed by atoms with Crippen molar-refractivity contribution in [2.24, 2.45) is 0 Å². The zero-order chi connectivity index (χ0) is 15.7. The average molecular weight is 300 g/mol. The van der Waals surface area contributed by atoms with Gasteiger partial charge in [-0.2, -0.15) is 0 Å². The van der Waals surface area contributed by atoms with E-state index in [-0.39, 0.29) is 18.5 Å². The predicted molar refractivity (Wildman–Crippen MR) is 83.9 cm³/mol. The minimum atomic E-state index is -0.960. The third kappa shape index (κ3) is 2.71. The lowest BCUT2D eigenvalue weighted by molar-refractivity contribution is -0.137. The largest absolute Gasteiger partial charge is 0.480 e. The molecular formula is C17H20N2O3. The van der Waals surface area contributed by atoms with Crippen LogP contribution >= 0.6 is 0 Å². The molecule has 1 saturated carbocycles. The van der Waals surface area contributed by atoms with Crippen LogP contribution in [-0.4, -0.2) is 39.0 Å². The fourth-order valence-electron chi connectivity index (χ4n) is 2.90. The number of carbonyl (C=O) groups excluding carboxylic acids is 1. The number of fused-ring (bicyclic) bond motifs is 1. The van der Waals surface area contributed by atoms with Crippen LogP contribution in [0.1, 0.15) is 36.7 Å². The van der Waals surface area contributed by atoms with Crippen LogP contribution in [0.15, 0.2) is 30.3 Å². The Kier molecular flexibility index (Phi) is 3.88. The first-order valence-corrected chi connectivity index (χ1v) is 7.73. The minimum absolute atomic E-state index is 0.0803. The Labute approximate surface area is 129 Å². The number of hydrogen-bond acceptors (Lipinski definition) is 2. The average Bonchev–Trinajstić information content (AvgIpc) is 3.27. The molecule has 1 N–H and O–H groups in total. The van der Waals surface area contributed by atoms with Gasteiger partial charge in [-0.1, -0.05) is 25.1 Å². The molecule has 1 aromatic carbocycles. The standard InChI is InChI=1S/C17H20N2O3/c1-2-9-18-14-6-4-3-5-12(14)10-15(18)17(22)19(11-16(20)21)13-7-8-13/h3-6,10,13H,2,7-9,11H2,1H3,(H,20,21). The number of aromatic nitrogens is 1. The molecule has 0 aliphatic heterocycles. The molecule has 2 aromatic rings. The molecule has 0 unspecified atom stereocenters. The number of para-hydroxylation sites is 1. The van der Waals surface area contributed by atoms with Crippen molar-refractivity contribution in [2.45, 2.75) is 38.8 Å². The second-order valence-corrected chi connectivity index (χ2v) is 5.80. The Balaban J connectivity index is 2.01. The fraction of sp³-hybridized carbons (Fsp3) is 0.412. The molecule has 116 valence electrons. The van der Waals surface area contributed by atoms with E-state index in [1.807, 2.05) is 34.9 Å². The van der Waals surface area contributed by atoms with Crippen molar-refractivity contribution in [3.63, 3.8) is 0 Å². The molecule has 22 heavy (non-hydrogen) atoms. The molecule has 5 nitrogen and oxygen atoms in total. The van der Waals surface area contributed by atoms with Crippen LogP contribution in [0.3, 0.4) is 0 Å². The van der Waals surface area contributed by atoms with Crippen LogP contribution in [0.2, 0.25) is 0 Å². The monoisotopic (exact) mass is 300 g/mol. The number of hydrogen-bond donors (Lipinski definition) is 1. The Bertz CT molecular complexity index is 716. The van der Waals surface area contributed by atoms with Gasteiger partial charge in [-0.05, 0) is 31.4 Å². The van der Waals surface area contributed by atoms with Gasteiger partial charge in [0.05, 0.1) is 0 Å². The van der Waals surface area contributed by atoms with Crippen molar-refractivity contribution in [3.8, 4) is 0 Å². The zero-order valence-corrected chi connectivity index (χ0v) is 12.7. The van der Waals surface area contributed by atoms with Gasteiger partial charge in [-0.15, -0.1) is 0 Å². The van der Waals surface area contributed by atoms with Gasteiger partial charge in [-0.3, -0.25) is 9.59 Å². The highest BCUT2D eigenvalue weighted by Crippen LogP contribution is 2.29. The van der Waals surface area contributed by atoms with Crippen molar-refractivity contribution in [3.05, 3.63) is 36.0 Å². The quantitative estimate of drug-likeness (QED) is 0.892. The first kappa shape index (κ1) is 14.6. The van der Waals surface area contributed by atoms with E-state index >= 15 is 0 Å². The first-order chi connectivity index (χ1) is 10.6. The molecule has 1 amide bonds. The lowest BCUT2D eigenvalue weighted by Crippen LogP contribution is -2.38. The minimum Gasteiger partial charge on any atom is -0.480 e. The van der Waals surface area contributed by atoms with Gasteiger partial charge in [0.15, 0.2) is 0 Å². The number of benzene rings is 1. The maximum absolute atomic E-state index is 12.9. The Morgan fingerprint density at radius 3 is 2.68 bits per heavy atom. The summed E-state index contributed by atoms with van der Waals surface area (Å²) in [6, 6.07) is 9.85. The summed E-state index contributed by atoms with van der Waals surface area (Å²) in [5, 5.41) is 10.1. The number of amides is 1. The van der Waals surface area contributed by atoms with E-state index in [2.05, 4.69) is 6.92 Å². The SMILES string of the molecule is CCCn1c(C(=O)N(CC(=O)O)C2CC2)cc2ccccc21. The molecule has 1 fully saturated rings. The maximum atomic E-state index is 12.9. The number of aryl methyl sites for hydroxylation is 1. The molecule has 1 aromatic heterocycles. The predicted octanol–water partition coefficient (Wildman–Crippen LogP) is 2.74. The summed E-state index contributed by atoms with van der Waals surface area (Å²) in [6.07, 6.45) is 2.71. The topological polar surface area (TPSA) is 62.5 Å². The van der Waals surface area contributed by atoms with Gasteiger partial charge < -0.3 is 14.6 Å². The summed E-state index contributed by atoms with van der Waals surface area (Å²) in [5.74, 6) is -1.13. The van der Waals surface area contributed by atoms with Crippen molar-refractivity contribution in [1.29, 1.82) is 0 Å². The number of carbonyl (C=O) groups is 2. The van der Waals surface area contributed by atoms with Crippen LogP contribution in [-0.2, 0) is 11.3 Å². The number of nitrogens with zero attached hydrogens (tertiary/aromatic N) is 2. The van der Waals surface area contributed by atoms with Crippen LogP contribution in [0.25, 0.3) is 10.9 Å². The van der Waals surface area contributed by atoms with E-state index in [0.717, 1.165) is 36.7 Å². The molecule has 1 heterocycles. The third-order valence-corrected chi connectivity index (χ3v) is 4.03. The van der Waals surface area contributed by atoms with Gasteiger partial charge in [0.2, 0.25) is 0 Å². The van der Waals surface area contributed by atoms with Crippen molar-refractivity contribution >= 4 is 22.8 Å². The maximum Gasteiger partial charge on any atom is 0.323 e. The van der Waals surface area contributed by atoms with E-state index in [1.54, 1.807) is 0 Å². The molecule has 0 spiro atoms. The van der Waals surface area contributed by atoms with Crippen LogP contribution < -0.4 is 0 Å². The third-order valence-electron chi connectivity index (χ3n) is 4.03. The van der Waals surface area contributed by atoms with Gasteiger partial charge >= 0.3 is 5.97 Å². The highest BCUT2D eigenvalue weighted by atomic mass is 16.4. The molecule has 1 aliphatic carbocycles. The summed E-state index contributed by atoms with van der Waals surface area (Å²) < 4.78 is 2.01. The number of carboxylic acid groups (broad SMARTS) is 1. The molecule has 0 radical (unpaired) electrons. The number of rotatable bonds is 6. The zero-order valence-electron chi connectivity index (χ0n) is 12.7. The first-order valence-electron chi connectivity index (χ1n) is 7.73. The molecule has 1 aliphatic rings. The van der Waals surface area contributed by atoms with Gasteiger partial charge in [0.1, 0.15) is 12.2 Å². The van der Waals surface area contributed by atoms with Crippen LogP contribution in [0.4, 0.5) is 0 Å². The molecule has 3 rings (SSSR count). The molecular weight excluding hydrogens is 280 g/mol. The highest BCUT2D eigenvalue weighted by Gasteiger charge is 2.35. The summed E-state index contributed by atoms with van der Waals surface area (Å²) in [4.78, 5) is 25.4.